The third-order valence-electron chi connectivity index (χ3n) is 12.3. The molecule has 0 saturated carbocycles. The smallest absolute Gasteiger partial charge is 0.508 e. The van der Waals surface area contributed by atoms with Crippen LogP contribution in [-0.4, -0.2) is 88.8 Å². The van der Waals surface area contributed by atoms with Gasteiger partial charge in [0, 0.05) is 35.2 Å². The lowest BCUT2D eigenvalue weighted by atomic mass is 9.85. The van der Waals surface area contributed by atoms with Crippen LogP contribution in [0.2, 0.25) is 0 Å². The minimum Gasteiger partial charge on any atom is -0.508 e. The van der Waals surface area contributed by atoms with E-state index in [-0.39, 0.29) is 68.4 Å². The Labute approximate surface area is 403 Å². The third-order valence-corrected chi connectivity index (χ3v) is 12.3. The van der Waals surface area contributed by atoms with Crippen molar-refractivity contribution in [1.82, 2.24) is 25.5 Å². The van der Waals surface area contributed by atoms with Crippen LogP contribution >= 0.6 is 0 Å². The zero-order chi connectivity index (χ0) is 50.0. The van der Waals surface area contributed by atoms with Crippen LogP contribution in [0, 0.1) is 0 Å². The molecule has 0 radical (unpaired) electrons. The number of nitrogens with zero attached hydrogens (tertiary/aromatic N) is 2. The Morgan fingerprint density at radius 2 is 1.63 bits per heavy atom. The number of phenolic OH excluding ortho intramolecular Hbond substituents is 1. The topological polar surface area (TPSA) is 269 Å². The number of fused-ring (bicyclic) bond motifs is 5. The molecular weight excluding hydrogens is 903 g/mol. The number of hydrogen-bond acceptors (Lipinski definition) is 14. The van der Waals surface area contributed by atoms with Crippen molar-refractivity contribution in [3.05, 3.63) is 123 Å². The molecule has 2 aromatic heterocycles. The molecule has 7 rings (SSSR count). The van der Waals surface area contributed by atoms with Gasteiger partial charge in [0.1, 0.15) is 44.3 Å². The van der Waals surface area contributed by atoms with Gasteiger partial charge in [0.05, 0.1) is 29.0 Å². The molecule has 4 amide bonds. The Morgan fingerprint density at radius 1 is 0.871 bits per heavy atom. The predicted octanol–water partition coefficient (Wildman–Crippen LogP) is 4.14. The average molecular weight is 960 g/mol. The lowest BCUT2D eigenvalue weighted by Crippen LogP contribution is -2.54. The Balaban J connectivity index is 1.01. The van der Waals surface area contributed by atoms with Gasteiger partial charge < -0.3 is 55.6 Å². The first-order valence-corrected chi connectivity index (χ1v) is 23.3. The lowest BCUT2D eigenvalue weighted by molar-refractivity contribution is -0.175. The van der Waals surface area contributed by atoms with Gasteiger partial charge in [0.15, 0.2) is 0 Å². The number of rotatable bonds is 21. The molecule has 2 aliphatic heterocycles. The molecule has 19 nitrogen and oxygen atoms in total. The second kappa shape index (κ2) is 22.6. The molecule has 368 valence electrons. The van der Waals surface area contributed by atoms with Gasteiger partial charge in [0.2, 0.25) is 29.2 Å². The summed E-state index contributed by atoms with van der Waals surface area (Å²) < 4.78 is 23.6. The summed E-state index contributed by atoms with van der Waals surface area (Å²) in [5.74, 6) is -2.90. The lowest BCUT2D eigenvalue weighted by Gasteiger charge is -2.35. The molecule has 2 aliphatic rings. The molecule has 3 aromatic carbocycles. The van der Waals surface area contributed by atoms with Crippen LogP contribution in [0.4, 0.5) is 10.5 Å². The second-order valence-corrected chi connectivity index (χ2v) is 17.0. The number of phenols is 1. The zero-order valence-electron chi connectivity index (χ0n) is 39.3. The Hall–Kier alpha value is -7.64. The number of carbonyl (C=O) groups excluding carboxylic acids is 6. The van der Waals surface area contributed by atoms with Crippen molar-refractivity contribution in [1.29, 1.82) is 0 Å². The summed E-state index contributed by atoms with van der Waals surface area (Å²) in [5, 5.41) is 21.8. The minimum atomic E-state index is -2.00. The number of aromatic nitrogens is 2. The number of unbranched alkanes of at least 4 members (excludes halogenated alkanes) is 1. The fourth-order valence-corrected chi connectivity index (χ4v) is 8.75. The summed E-state index contributed by atoms with van der Waals surface area (Å²) in [7, 11) is 0. The molecule has 0 unspecified atom stereocenters. The molecule has 3 atom stereocenters. The Morgan fingerprint density at radius 3 is 2.34 bits per heavy atom. The monoisotopic (exact) mass is 959 g/mol. The van der Waals surface area contributed by atoms with E-state index in [0.717, 1.165) is 22.1 Å². The molecular formula is C51H57N7O12. The van der Waals surface area contributed by atoms with E-state index < -0.39 is 59.7 Å². The van der Waals surface area contributed by atoms with Crippen LogP contribution < -0.4 is 32.6 Å². The molecule has 5 aromatic rings. The van der Waals surface area contributed by atoms with E-state index in [9.17, 15) is 38.7 Å². The molecule has 70 heavy (non-hydrogen) atoms. The maximum Gasteiger partial charge on any atom is 0.510 e. The van der Waals surface area contributed by atoms with Crippen LogP contribution in [0.15, 0.2) is 83.7 Å². The van der Waals surface area contributed by atoms with E-state index in [2.05, 4.69) is 21.3 Å². The number of hydrogen-bond donors (Lipinski definition) is 6. The maximum atomic E-state index is 14.1. The number of likely N-dealkylation sites (N-methyl/N-ethyl adjacent to an activating group) is 1. The highest BCUT2D eigenvalue weighted by Gasteiger charge is 2.51. The molecule has 0 aliphatic carbocycles. The number of ether oxygens (including phenoxy) is 4. The van der Waals surface area contributed by atoms with Crippen LogP contribution in [0.25, 0.3) is 22.3 Å². The number of nitrogens with one attached hydrogen (secondary N) is 4. The van der Waals surface area contributed by atoms with E-state index in [4.69, 9.17) is 29.7 Å². The molecule has 7 N–H and O–H groups in total. The summed E-state index contributed by atoms with van der Waals surface area (Å²) in [5.41, 5.74) is 8.69. The fourth-order valence-electron chi connectivity index (χ4n) is 8.75. The highest BCUT2D eigenvalue weighted by atomic mass is 16.7. The maximum absolute atomic E-state index is 14.1. The van der Waals surface area contributed by atoms with Crippen LogP contribution in [0.3, 0.4) is 0 Å². The van der Waals surface area contributed by atoms with Crippen molar-refractivity contribution >= 4 is 52.3 Å². The Kier molecular flexibility index (Phi) is 16.3. The highest BCUT2D eigenvalue weighted by Crippen LogP contribution is 2.42. The molecule has 19 heteroatoms. The van der Waals surface area contributed by atoms with Crippen molar-refractivity contribution in [2.45, 2.75) is 96.7 Å². The van der Waals surface area contributed by atoms with Crippen molar-refractivity contribution in [3.8, 4) is 17.1 Å². The van der Waals surface area contributed by atoms with Crippen molar-refractivity contribution in [3.63, 3.8) is 0 Å². The SMILES string of the molecule is CCNC(=O)COCC(=O)N[C@@H](Cc1ccccc1)C(=O)N[C@@H](CCCCN)C(=O)Nc1ccc(COC(=O)O[C@]2(CC)C(=O)OCc3c2cc2n(c3=O)Cc3c-2nc2ccc(O)cc2c3CC)cc1. The standard InChI is InChI=1S/C51H57N7O12/c1-4-34-35-23-33(59)19-20-39(35)56-45-36(34)25-58-42(45)24-38-37(48(58)64)27-68-49(65)51(38,5-2)70-50(66)69-26-31-15-17-32(18-16-31)54-46(62)40(14-10-11-21-52)57-47(63)41(22-30-12-8-7-9-13-30)55-44(61)29-67-28-43(60)53-6-3/h7-9,12-13,15-20,23-24,40-41,59H,4-6,10-11,14,21-22,25-29,52H2,1-3H3,(H,53,60)(H,54,62)(H,55,61)(H,57,63)/t40-,41-,51-/m0/s1. The summed E-state index contributed by atoms with van der Waals surface area (Å²) in [4.78, 5) is 98.2. The number of esters is 1. The number of cyclic esters (lactones) is 1. The van der Waals surface area contributed by atoms with Gasteiger partial charge in [-0.25, -0.2) is 14.6 Å². The van der Waals surface area contributed by atoms with Gasteiger partial charge in [-0.05, 0) is 98.7 Å². The number of nitrogens with two attached hydrogens (primary N) is 1. The quantitative estimate of drug-likeness (QED) is 0.0438. The molecule has 4 heterocycles. The predicted molar refractivity (Wildman–Crippen MR) is 256 cm³/mol. The summed E-state index contributed by atoms with van der Waals surface area (Å²) >= 11 is 0. The third kappa shape index (κ3) is 11.3. The van der Waals surface area contributed by atoms with Gasteiger partial charge >= 0.3 is 12.1 Å². The van der Waals surface area contributed by atoms with Gasteiger partial charge in [-0.15, -0.1) is 0 Å². The van der Waals surface area contributed by atoms with Crippen molar-refractivity contribution in [2.24, 2.45) is 5.73 Å². The normalized spacial score (nSPS) is 15.3. The second-order valence-electron chi connectivity index (χ2n) is 17.0. The largest absolute Gasteiger partial charge is 0.510 e. The summed E-state index contributed by atoms with van der Waals surface area (Å²) in [6.07, 6.45) is 0.806. The first-order valence-electron chi connectivity index (χ1n) is 23.3. The fraction of sp³-hybridized carbons (Fsp3) is 0.373. The first-order chi connectivity index (χ1) is 33.8. The van der Waals surface area contributed by atoms with Gasteiger partial charge in [-0.3, -0.25) is 24.0 Å². The molecule has 0 bridgehead atoms. The number of pyridine rings is 2. The van der Waals surface area contributed by atoms with Gasteiger partial charge in [0.25, 0.3) is 5.56 Å². The minimum absolute atomic E-state index is 0.0753. The number of anilines is 1. The van der Waals surface area contributed by atoms with E-state index in [1.54, 1.807) is 91.2 Å². The van der Waals surface area contributed by atoms with E-state index in [1.807, 2.05) is 13.0 Å². The van der Waals surface area contributed by atoms with Crippen LogP contribution in [0.5, 0.6) is 5.75 Å². The van der Waals surface area contributed by atoms with E-state index >= 15 is 0 Å². The van der Waals surface area contributed by atoms with E-state index in [1.165, 1.54) is 0 Å². The van der Waals surface area contributed by atoms with Crippen molar-refractivity contribution < 1.29 is 52.8 Å². The number of amides is 4. The molecule has 0 spiro atoms. The highest BCUT2D eigenvalue weighted by molar-refractivity contribution is 5.98. The van der Waals surface area contributed by atoms with Gasteiger partial charge in [-0.2, -0.15) is 0 Å². The first kappa shape index (κ1) is 50.2. The number of aromatic hydroxyl groups is 1. The molecule has 0 saturated heterocycles. The van der Waals surface area contributed by atoms with Crippen molar-refractivity contribution in [2.75, 3.05) is 31.6 Å². The number of aryl methyl sites for hydroxylation is 1. The van der Waals surface area contributed by atoms with E-state index in [0.29, 0.717) is 60.5 Å². The average Bonchev–Trinajstić information content (AvgIpc) is 3.72. The number of benzene rings is 3. The van der Waals surface area contributed by atoms with Crippen LogP contribution in [-0.2, 0) is 81.1 Å². The number of carbonyl (C=O) groups is 6. The summed E-state index contributed by atoms with van der Waals surface area (Å²) in [6, 6.07) is 19.9. The van der Waals surface area contributed by atoms with Crippen LogP contribution in [0.1, 0.15) is 79.8 Å². The zero-order valence-corrected chi connectivity index (χ0v) is 39.3. The van der Waals surface area contributed by atoms with Gasteiger partial charge in [-0.1, -0.05) is 56.3 Å². The Bertz CT molecular complexity index is 2830. The molecule has 0 fully saturated rings. The summed E-state index contributed by atoms with van der Waals surface area (Å²) in [6.45, 7) is 4.97.